The zero-order chi connectivity index (χ0) is 13.8. The zero-order valence-corrected chi connectivity index (χ0v) is 12.0. The van der Waals surface area contributed by atoms with Crippen LogP contribution < -0.4 is 0 Å². The van der Waals surface area contributed by atoms with Gasteiger partial charge in [0.25, 0.3) is 0 Å². The SMILES string of the molecule is CCc1cccc(-c2cc(CC)c(CC)cc2O)c1. The van der Waals surface area contributed by atoms with Crippen molar-refractivity contribution in [2.24, 2.45) is 0 Å². The van der Waals surface area contributed by atoms with E-state index in [1.165, 1.54) is 16.7 Å². The predicted octanol–water partition coefficient (Wildman–Crippen LogP) is 4.75. The number of aryl methyl sites for hydroxylation is 3. The van der Waals surface area contributed by atoms with Gasteiger partial charge in [0, 0.05) is 5.56 Å². The largest absolute Gasteiger partial charge is 0.507 e. The summed E-state index contributed by atoms with van der Waals surface area (Å²) in [6.07, 6.45) is 2.98. The van der Waals surface area contributed by atoms with E-state index in [-0.39, 0.29) is 0 Å². The second-order valence-corrected chi connectivity index (χ2v) is 4.90. The maximum atomic E-state index is 10.3. The molecule has 0 amide bonds. The van der Waals surface area contributed by atoms with E-state index in [1.807, 2.05) is 6.07 Å². The van der Waals surface area contributed by atoms with E-state index in [2.05, 4.69) is 51.1 Å². The van der Waals surface area contributed by atoms with Crippen LogP contribution in [0.15, 0.2) is 36.4 Å². The van der Waals surface area contributed by atoms with Gasteiger partial charge >= 0.3 is 0 Å². The lowest BCUT2D eigenvalue weighted by Crippen LogP contribution is -1.93. The lowest BCUT2D eigenvalue weighted by Gasteiger charge is -2.12. The van der Waals surface area contributed by atoms with Gasteiger partial charge in [-0.2, -0.15) is 0 Å². The first-order valence-electron chi connectivity index (χ1n) is 7.13. The Bertz CT molecular complexity index is 570. The van der Waals surface area contributed by atoms with Gasteiger partial charge in [0.15, 0.2) is 0 Å². The molecule has 1 nitrogen and oxygen atoms in total. The molecule has 0 saturated carbocycles. The van der Waals surface area contributed by atoms with Crippen LogP contribution in [0.2, 0.25) is 0 Å². The fraction of sp³-hybridized carbons (Fsp3) is 0.333. The molecule has 1 N–H and O–H groups in total. The lowest BCUT2D eigenvalue weighted by molar-refractivity contribution is 0.476. The van der Waals surface area contributed by atoms with Crippen molar-refractivity contribution in [2.45, 2.75) is 40.0 Å². The molecule has 0 unspecified atom stereocenters. The molecule has 2 rings (SSSR count). The van der Waals surface area contributed by atoms with Crippen LogP contribution in [0.3, 0.4) is 0 Å². The summed E-state index contributed by atoms with van der Waals surface area (Å²) in [5, 5.41) is 10.3. The van der Waals surface area contributed by atoms with Crippen molar-refractivity contribution in [3.8, 4) is 16.9 Å². The molecule has 0 heterocycles. The molecule has 0 atom stereocenters. The predicted molar refractivity (Wildman–Crippen MR) is 81.7 cm³/mol. The summed E-state index contributed by atoms with van der Waals surface area (Å²) in [6, 6.07) is 12.5. The van der Waals surface area contributed by atoms with Gasteiger partial charge in [-0.05, 0) is 53.6 Å². The Morgan fingerprint density at radius 2 is 1.53 bits per heavy atom. The van der Waals surface area contributed by atoms with Gasteiger partial charge in [-0.15, -0.1) is 0 Å². The smallest absolute Gasteiger partial charge is 0.123 e. The summed E-state index contributed by atoms with van der Waals surface area (Å²) >= 11 is 0. The third-order valence-electron chi connectivity index (χ3n) is 3.73. The van der Waals surface area contributed by atoms with Crippen molar-refractivity contribution < 1.29 is 5.11 Å². The molecule has 0 aromatic heterocycles. The Hall–Kier alpha value is -1.76. The van der Waals surface area contributed by atoms with E-state index in [4.69, 9.17) is 0 Å². The van der Waals surface area contributed by atoms with E-state index in [0.717, 1.165) is 30.4 Å². The summed E-state index contributed by atoms with van der Waals surface area (Å²) in [6.45, 7) is 6.44. The van der Waals surface area contributed by atoms with Gasteiger partial charge < -0.3 is 5.11 Å². The molecule has 2 aromatic carbocycles. The highest BCUT2D eigenvalue weighted by molar-refractivity contribution is 5.72. The Kier molecular flexibility index (Phi) is 4.26. The summed E-state index contributed by atoms with van der Waals surface area (Å²) in [5.41, 5.74) is 5.93. The molecule has 0 aliphatic rings. The highest BCUT2D eigenvalue weighted by Gasteiger charge is 2.09. The molecule has 0 aliphatic heterocycles. The molecule has 2 aromatic rings. The third kappa shape index (κ3) is 2.81. The third-order valence-corrected chi connectivity index (χ3v) is 3.73. The van der Waals surface area contributed by atoms with Crippen molar-refractivity contribution in [2.75, 3.05) is 0 Å². The minimum absolute atomic E-state index is 0.391. The van der Waals surface area contributed by atoms with Crippen LogP contribution in [0.25, 0.3) is 11.1 Å². The first-order valence-corrected chi connectivity index (χ1v) is 7.13. The molecular weight excluding hydrogens is 232 g/mol. The summed E-state index contributed by atoms with van der Waals surface area (Å²) < 4.78 is 0. The van der Waals surface area contributed by atoms with Gasteiger partial charge in [-0.25, -0.2) is 0 Å². The van der Waals surface area contributed by atoms with Crippen LogP contribution in [0.4, 0.5) is 0 Å². The minimum atomic E-state index is 0.391. The highest BCUT2D eigenvalue weighted by Crippen LogP contribution is 2.33. The van der Waals surface area contributed by atoms with Gasteiger partial charge in [0.1, 0.15) is 5.75 Å². The van der Waals surface area contributed by atoms with Crippen molar-refractivity contribution in [1.82, 2.24) is 0 Å². The molecule has 0 radical (unpaired) electrons. The summed E-state index contributed by atoms with van der Waals surface area (Å²) in [5.74, 6) is 0.391. The summed E-state index contributed by atoms with van der Waals surface area (Å²) in [7, 11) is 0. The number of aromatic hydroxyl groups is 1. The van der Waals surface area contributed by atoms with Crippen LogP contribution in [-0.2, 0) is 19.3 Å². The van der Waals surface area contributed by atoms with Crippen LogP contribution in [0, 0.1) is 0 Å². The maximum absolute atomic E-state index is 10.3. The highest BCUT2D eigenvalue weighted by atomic mass is 16.3. The van der Waals surface area contributed by atoms with Crippen LogP contribution in [0.5, 0.6) is 5.75 Å². The zero-order valence-electron chi connectivity index (χ0n) is 12.0. The van der Waals surface area contributed by atoms with Gasteiger partial charge in [0.05, 0.1) is 0 Å². The number of phenolic OH excluding ortho intramolecular Hbond substituents is 1. The standard InChI is InChI=1S/C18H22O/c1-4-13-8-7-9-16(10-13)17-11-14(5-2)15(6-3)12-18(17)19/h7-12,19H,4-6H2,1-3H3. The Labute approximate surface area is 115 Å². The van der Waals surface area contributed by atoms with Crippen LogP contribution in [0.1, 0.15) is 37.5 Å². The molecule has 19 heavy (non-hydrogen) atoms. The van der Waals surface area contributed by atoms with E-state index in [1.54, 1.807) is 0 Å². The fourth-order valence-electron chi connectivity index (χ4n) is 2.52. The van der Waals surface area contributed by atoms with E-state index >= 15 is 0 Å². The van der Waals surface area contributed by atoms with Crippen molar-refractivity contribution in [3.05, 3.63) is 53.1 Å². The molecule has 0 bridgehead atoms. The molecule has 1 heteroatoms. The Balaban J connectivity index is 2.55. The van der Waals surface area contributed by atoms with Gasteiger partial charge in [-0.1, -0.05) is 45.0 Å². The molecule has 0 spiro atoms. The lowest BCUT2D eigenvalue weighted by atomic mass is 9.94. The minimum Gasteiger partial charge on any atom is -0.507 e. The van der Waals surface area contributed by atoms with Crippen molar-refractivity contribution >= 4 is 0 Å². The number of rotatable bonds is 4. The van der Waals surface area contributed by atoms with Crippen molar-refractivity contribution in [3.63, 3.8) is 0 Å². The number of phenols is 1. The van der Waals surface area contributed by atoms with Crippen LogP contribution >= 0.6 is 0 Å². The summed E-state index contributed by atoms with van der Waals surface area (Å²) in [4.78, 5) is 0. The maximum Gasteiger partial charge on any atom is 0.123 e. The fourth-order valence-corrected chi connectivity index (χ4v) is 2.52. The molecule has 100 valence electrons. The monoisotopic (exact) mass is 254 g/mol. The van der Waals surface area contributed by atoms with Crippen molar-refractivity contribution in [1.29, 1.82) is 0 Å². The number of hydrogen-bond acceptors (Lipinski definition) is 1. The molecular formula is C18H22O. The van der Waals surface area contributed by atoms with Gasteiger partial charge in [0.2, 0.25) is 0 Å². The average Bonchev–Trinajstić information content (AvgIpc) is 2.46. The molecule has 0 fully saturated rings. The van der Waals surface area contributed by atoms with E-state index in [9.17, 15) is 5.11 Å². The Morgan fingerprint density at radius 3 is 2.16 bits per heavy atom. The quantitative estimate of drug-likeness (QED) is 0.835. The van der Waals surface area contributed by atoms with E-state index in [0.29, 0.717) is 5.75 Å². The molecule has 0 aliphatic carbocycles. The van der Waals surface area contributed by atoms with E-state index < -0.39 is 0 Å². The number of benzene rings is 2. The topological polar surface area (TPSA) is 20.2 Å². The second-order valence-electron chi connectivity index (χ2n) is 4.90. The first-order chi connectivity index (χ1) is 9.19. The molecule has 0 saturated heterocycles. The van der Waals surface area contributed by atoms with Crippen LogP contribution in [-0.4, -0.2) is 5.11 Å². The normalized spacial score (nSPS) is 10.7. The Morgan fingerprint density at radius 1 is 0.842 bits per heavy atom. The average molecular weight is 254 g/mol. The van der Waals surface area contributed by atoms with Gasteiger partial charge in [-0.3, -0.25) is 0 Å². The number of hydrogen-bond donors (Lipinski definition) is 1. The second kappa shape index (κ2) is 5.92. The first kappa shape index (κ1) is 13.7.